The molecule has 134 valence electrons. The van der Waals surface area contributed by atoms with Gasteiger partial charge in [-0.2, -0.15) is 0 Å². The topological polar surface area (TPSA) is 85.1 Å². The van der Waals surface area contributed by atoms with E-state index in [1.807, 2.05) is 43.3 Å². The lowest BCUT2D eigenvalue weighted by molar-refractivity contribution is 0.340. The van der Waals surface area contributed by atoms with Crippen LogP contribution in [-0.2, 0) is 0 Å². The van der Waals surface area contributed by atoms with Gasteiger partial charge in [0.15, 0.2) is 11.6 Å². The van der Waals surface area contributed by atoms with Gasteiger partial charge in [-0.15, -0.1) is 0 Å². The molecule has 0 radical (unpaired) electrons. The molecule has 0 bridgehead atoms. The van der Waals surface area contributed by atoms with E-state index in [1.165, 1.54) is 17.5 Å². The second-order valence-corrected chi connectivity index (χ2v) is 6.07. The molecule has 0 fully saturated rings. The van der Waals surface area contributed by atoms with E-state index in [2.05, 4.69) is 40.5 Å². The van der Waals surface area contributed by atoms with Crippen LogP contribution in [-0.4, -0.2) is 16.6 Å². The summed E-state index contributed by atoms with van der Waals surface area (Å²) in [6, 6.07) is 13.9. The van der Waals surface area contributed by atoms with Gasteiger partial charge in [0.1, 0.15) is 17.8 Å². The van der Waals surface area contributed by atoms with E-state index < -0.39 is 0 Å². The summed E-state index contributed by atoms with van der Waals surface area (Å²) in [5.74, 6) is 1.94. The van der Waals surface area contributed by atoms with E-state index >= 15 is 0 Å². The van der Waals surface area contributed by atoms with Crippen molar-refractivity contribution in [3.63, 3.8) is 0 Å². The van der Waals surface area contributed by atoms with Gasteiger partial charge in [-0.25, -0.2) is 9.97 Å². The lowest BCUT2D eigenvalue weighted by Crippen LogP contribution is -2.05. The molecule has 0 aliphatic heterocycles. The summed E-state index contributed by atoms with van der Waals surface area (Å²) in [4.78, 5) is 8.52. The van der Waals surface area contributed by atoms with Crippen LogP contribution in [0.4, 0.5) is 28.7 Å². The average Bonchev–Trinajstić information content (AvgIpc) is 2.59. The molecule has 0 saturated heterocycles. The van der Waals surface area contributed by atoms with Gasteiger partial charge in [-0.3, -0.25) is 0 Å². The van der Waals surface area contributed by atoms with Crippen molar-refractivity contribution in [2.24, 2.45) is 0 Å². The number of hydrogen-bond donors (Lipinski definition) is 3. The molecule has 1 heterocycles. The van der Waals surface area contributed by atoms with Gasteiger partial charge in [0.25, 0.3) is 0 Å². The van der Waals surface area contributed by atoms with Crippen LogP contribution in [0, 0.1) is 13.8 Å². The minimum atomic E-state index is 0.459. The number of aromatic nitrogens is 2. The van der Waals surface area contributed by atoms with E-state index in [0.29, 0.717) is 23.9 Å². The number of benzene rings is 2. The van der Waals surface area contributed by atoms with E-state index in [0.717, 1.165) is 17.1 Å². The maximum absolute atomic E-state index is 6.26. The fraction of sp³-hybridized carbons (Fsp3) is 0.200. The largest absolute Gasteiger partial charge is 0.494 e. The molecule has 2 aromatic carbocycles. The van der Waals surface area contributed by atoms with Crippen molar-refractivity contribution in [3.8, 4) is 5.75 Å². The number of aryl methyl sites for hydroxylation is 2. The van der Waals surface area contributed by atoms with Gasteiger partial charge in [-0.05, 0) is 68.3 Å². The van der Waals surface area contributed by atoms with Crippen LogP contribution >= 0.6 is 0 Å². The van der Waals surface area contributed by atoms with Crippen molar-refractivity contribution in [2.75, 3.05) is 23.0 Å². The molecular weight excluding hydrogens is 326 g/mol. The predicted molar refractivity (Wildman–Crippen MR) is 107 cm³/mol. The summed E-state index contributed by atoms with van der Waals surface area (Å²) in [6.45, 7) is 6.71. The summed E-state index contributed by atoms with van der Waals surface area (Å²) in [7, 11) is 0. The second kappa shape index (κ2) is 7.74. The van der Waals surface area contributed by atoms with Gasteiger partial charge in [0, 0.05) is 11.4 Å². The Morgan fingerprint density at radius 2 is 1.46 bits per heavy atom. The lowest BCUT2D eigenvalue weighted by Gasteiger charge is -2.13. The predicted octanol–water partition coefficient (Wildman–Crippen LogP) is 4.56. The van der Waals surface area contributed by atoms with Crippen LogP contribution in [0.1, 0.15) is 18.1 Å². The molecule has 0 aliphatic rings. The Morgan fingerprint density at radius 1 is 0.885 bits per heavy atom. The highest BCUT2D eigenvalue weighted by molar-refractivity contribution is 5.80. The minimum Gasteiger partial charge on any atom is -0.494 e. The quantitative estimate of drug-likeness (QED) is 0.605. The Labute approximate surface area is 153 Å². The van der Waals surface area contributed by atoms with Gasteiger partial charge in [0.05, 0.1) is 6.61 Å². The maximum atomic E-state index is 6.26. The molecule has 0 amide bonds. The molecule has 0 aliphatic carbocycles. The first-order chi connectivity index (χ1) is 12.5. The monoisotopic (exact) mass is 349 g/mol. The average molecular weight is 349 g/mol. The van der Waals surface area contributed by atoms with Crippen molar-refractivity contribution < 1.29 is 4.74 Å². The van der Waals surface area contributed by atoms with Crippen molar-refractivity contribution in [1.29, 1.82) is 0 Å². The van der Waals surface area contributed by atoms with Gasteiger partial charge >= 0.3 is 0 Å². The molecule has 26 heavy (non-hydrogen) atoms. The number of hydrogen-bond acceptors (Lipinski definition) is 6. The van der Waals surface area contributed by atoms with Crippen LogP contribution in [0.3, 0.4) is 0 Å². The fourth-order valence-corrected chi connectivity index (χ4v) is 2.72. The number of ether oxygens (including phenoxy) is 1. The highest BCUT2D eigenvalue weighted by atomic mass is 16.5. The maximum Gasteiger partial charge on any atom is 0.159 e. The Kier molecular flexibility index (Phi) is 5.22. The molecule has 0 saturated carbocycles. The highest BCUT2D eigenvalue weighted by Gasteiger charge is 2.09. The standard InChI is InChI=1S/C20H23N5O/c1-4-26-17-7-5-15(6-8-17)24-19-18(21)20(23-12-22-19)25-16-10-13(2)9-14(3)11-16/h5-12H,4,21H2,1-3H3,(H2,22,23,24,25). The number of nitrogens with two attached hydrogens (primary N) is 1. The first-order valence-corrected chi connectivity index (χ1v) is 8.51. The van der Waals surface area contributed by atoms with Crippen molar-refractivity contribution in [2.45, 2.75) is 20.8 Å². The number of anilines is 5. The van der Waals surface area contributed by atoms with Crippen LogP contribution in [0.5, 0.6) is 5.75 Å². The highest BCUT2D eigenvalue weighted by Crippen LogP contribution is 2.29. The smallest absolute Gasteiger partial charge is 0.159 e. The molecule has 3 aromatic rings. The molecule has 1 aromatic heterocycles. The SMILES string of the molecule is CCOc1ccc(Nc2ncnc(Nc3cc(C)cc(C)c3)c2N)cc1. The third-order valence-corrected chi connectivity index (χ3v) is 3.80. The van der Waals surface area contributed by atoms with E-state index in [1.54, 1.807) is 0 Å². The van der Waals surface area contributed by atoms with Gasteiger partial charge in [0.2, 0.25) is 0 Å². The molecule has 4 N–H and O–H groups in total. The van der Waals surface area contributed by atoms with Crippen molar-refractivity contribution in [1.82, 2.24) is 9.97 Å². The molecule has 0 unspecified atom stereocenters. The van der Waals surface area contributed by atoms with E-state index in [9.17, 15) is 0 Å². The third kappa shape index (κ3) is 4.22. The van der Waals surface area contributed by atoms with Crippen LogP contribution in [0.15, 0.2) is 48.8 Å². The number of nitrogens with one attached hydrogen (secondary N) is 2. The first kappa shape index (κ1) is 17.5. The second-order valence-electron chi connectivity index (χ2n) is 6.07. The Bertz CT molecular complexity index is 873. The summed E-state index contributed by atoms with van der Waals surface area (Å²) in [5, 5.41) is 6.49. The van der Waals surface area contributed by atoms with Crippen LogP contribution in [0.2, 0.25) is 0 Å². The number of nitrogens with zero attached hydrogens (tertiary/aromatic N) is 2. The van der Waals surface area contributed by atoms with Crippen LogP contribution < -0.4 is 21.1 Å². The van der Waals surface area contributed by atoms with Crippen molar-refractivity contribution >= 4 is 28.7 Å². The summed E-state index contributed by atoms with van der Waals surface area (Å²) in [6.07, 6.45) is 1.48. The number of rotatable bonds is 6. The lowest BCUT2D eigenvalue weighted by atomic mass is 10.1. The van der Waals surface area contributed by atoms with Gasteiger partial charge < -0.3 is 21.1 Å². The van der Waals surface area contributed by atoms with Crippen molar-refractivity contribution in [3.05, 3.63) is 59.9 Å². The van der Waals surface area contributed by atoms with Gasteiger partial charge in [-0.1, -0.05) is 6.07 Å². The summed E-state index contributed by atoms with van der Waals surface area (Å²) >= 11 is 0. The Morgan fingerprint density at radius 3 is 2.04 bits per heavy atom. The molecule has 3 rings (SSSR count). The zero-order valence-electron chi connectivity index (χ0n) is 15.2. The molecular formula is C20H23N5O. The first-order valence-electron chi connectivity index (χ1n) is 8.51. The van der Waals surface area contributed by atoms with Crippen LogP contribution in [0.25, 0.3) is 0 Å². The number of nitrogen functional groups attached to an aromatic ring is 1. The summed E-state index contributed by atoms with van der Waals surface area (Å²) < 4.78 is 5.45. The minimum absolute atomic E-state index is 0.459. The third-order valence-electron chi connectivity index (χ3n) is 3.80. The Hall–Kier alpha value is -3.28. The summed E-state index contributed by atoms with van der Waals surface area (Å²) in [5.41, 5.74) is 10.9. The molecule has 6 heteroatoms. The normalized spacial score (nSPS) is 10.4. The van der Waals surface area contributed by atoms with E-state index in [4.69, 9.17) is 10.5 Å². The zero-order chi connectivity index (χ0) is 18.5. The molecule has 0 spiro atoms. The Balaban J connectivity index is 1.80. The molecule has 0 atom stereocenters. The molecule has 6 nitrogen and oxygen atoms in total. The van der Waals surface area contributed by atoms with E-state index in [-0.39, 0.29) is 0 Å². The fourth-order valence-electron chi connectivity index (χ4n) is 2.72. The zero-order valence-corrected chi connectivity index (χ0v) is 15.2.